The van der Waals surface area contributed by atoms with E-state index in [2.05, 4.69) is 237 Å². The number of nitrogens with zero attached hydrogens (tertiary/aromatic N) is 22. The van der Waals surface area contributed by atoms with Crippen LogP contribution in [0.2, 0.25) is 0 Å². The van der Waals surface area contributed by atoms with Crippen molar-refractivity contribution < 1.29 is 28.8 Å². The van der Waals surface area contributed by atoms with Gasteiger partial charge < -0.3 is 0 Å². The van der Waals surface area contributed by atoms with Gasteiger partial charge in [-0.2, -0.15) is 71.5 Å². The standard InChI is InChI=1S/2C13H18N2O.2C11H13N5.C11H14N2O.C10H11N5.C10H12N2O.2C9H10N2O.C8H8N6.CH4/c1-6(2)4-8-9-5-10-12(7(3)16)14-15-13(10)11(8)9;1-3-4-5-8-9-6-10-12(7(2)16)14-15-13(10)11(8)9;1-11(2)6-3-5-8(7(6)11)14-15-9(5)10-12-4-13-16-10;1-2-5-6-3-7-9(8(5)6)14-15-10(7)11-12-4-13-16-11;1-5(14)9-6-4-7-8(11(7,2)3)10(6)13-12-9;1-4-5-2-6-8(7(4)5)13-14-9(6)10-11-3-12-15-10;1-4-6-3-7-9(5(2)13)11-12-10(7)8(4)6;1-4(12)9-8-6-2-5(6)3-7(8)10-11-9;1-4(12)8-7-3-5-2-6(5)9(7)11-10-8;1-3-2-5-6(4(1)3)9-10-7(5)8-11-13-14-12-8;/h6,8-9,11H,4-5H2,1-3H3,(H,14,15);8-9,11H,3-6H2,1-2H3,(H,14,15);6-7H,3-4H2,1-2H3,(H,14,15);5-6,8H,2-4H2,1H3,(H,14,15);7-8H,4H2,1-3H3,(H,12,13);4-5,7H,2-3H2,1H3,(H,13,14);4,6,8H,3H2,1-2H3,(H,11,12);2*5-6H,2-3H2,1H3,(H,10,11);3-4H,1-2H2,(H,9,10)(H,11,12,13,14);1H4. The molecule has 0 bridgehead atoms. The predicted molar refractivity (Wildman–Crippen MR) is 533 cm³/mol. The first kappa shape index (κ1) is 94.3. The van der Waals surface area contributed by atoms with E-state index in [0.29, 0.717) is 130 Å². The van der Waals surface area contributed by atoms with Crippen LogP contribution < -0.4 is 0 Å². The first-order chi connectivity index (χ1) is 69.5. The molecule has 11 aromatic rings. The van der Waals surface area contributed by atoms with Gasteiger partial charge in [0.1, 0.15) is 56.9 Å². The number of aliphatic imine (C=N–C) groups is 3. The fourth-order valence-electron chi connectivity index (χ4n) is 29.2. The topological polar surface area (TPSA) is 555 Å². The summed E-state index contributed by atoms with van der Waals surface area (Å²) < 4.78 is 0. The van der Waals surface area contributed by atoms with Crippen molar-refractivity contribution in [2.75, 3.05) is 20.0 Å². The van der Waals surface area contributed by atoms with Crippen molar-refractivity contribution in [1.29, 1.82) is 0 Å². The molecule has 11 N–H and O–H groups in total. The van der Waals surface area contributed by atoms with Crippen molar-refractivity contribution in [2.24, 2.45) is 151 Å². The van der Waals surface area contributed by atoms with Gasteiger partial charge >= 0.3 is 0 Å². The number of aromatic amines is 11. The lowest BCUT2D eigenvalue weighted by molar-refractivity contribution is 0.0999. The molecule has 39 nitrogen and oxygen atoms in total. The van der Waals surface area contributed by atoms with Gasteiger partial charge in [-0.3, -0.25) is 79.8 Å². The van der Waals surface area contributed by atoms with Gasteiger partial charge in [0.2, 0.25) is 5.82 Å². The van der Waals surface area contributed by atoms with Gasteiger partial charge in [0.05, 0.1) is 0 Å². The number of hydrogen-bond acceptors (Lipinski definition) is 28. The highest BCUT2D eigenvalue weighted by Gasteiger charge is 2.67. The molecule has 3 aliphatic heterocycles. The van der Waals surface area contributed by atoms with E-state index in [-0.39, 0.29) is 42.1 Å². The molecule has 756 valence electrons. The van der Waals surface area contributed by atoms with E-state index in [1.807, 2.05) is 0 Å². The Hall–Kier alpha value is -13.0. The van der Waals surface area contributed by atoms with Crippen molar-refractivity contribution in [1.82, 2.24) is 123 Å². The minimum absolute atomic E-state index is 0. The van der Waals surface area contributed by atoms with Crippen molar-refractivity contribution >= 4 is 52.2 Å². The third-order valence-corrected chi connectivity index (χ3v) is 37.5. The quantitative estimate of drug-likeness (QED) is 0.0400. The number of fused-ring (bicyclic) bond motifs is 30. The number of nitrogens with one attached hydrogen (secondary N) is 11. The third kappa shape index (κ3) is 15.8. The number of rotatable bonds is 16. The van der Waals surface area contributed by atoms with E-state index in [1.165, 1.54) is 164 Å². The van der Waals surface area contributed by atoms with Crippen LogP contribution in [0.25, 0.3) is 11.5 Å². The SMILES string of the molecule is C.C1c2c(-c3nn[nH]n3)n[nH]c2C2CC12.CC(=O)c1n[nH]c2c1C1CC1C2.CC(=O)c1n[nH]c2c1CC1C(C)C21.CC(=O)c1n[nH]c2c1CC1C(CC(C)C)C21.CC(=O)c1n[nH]c2c1CC1C2C1(C)C.CC(=O)c1n[nH]c2c1CC1CC21.CC1(C)C2Cc3c(C4=NCN=N4)n[nH]c3C21.CC1C2Cc3c(C4=NCN=N4)n[nH]c3C12.CCC1C2Cc3c(C4=NCN=N4)n[nH]c3C12.CCCCC1C2Cc3c(C(C)=O)n[nH]c3C12. The molecule has 25 unspecified atom stereocenters. The lowest BCUT2D eigenvalue weighted by Gasteiger charge is -2.07. The Morgan fingerprint density at radius 2 is 0.717 bits per heavy atom. The molecular weight excluding hydrogens is 1830 g/mol. The lowest BCUT2D eigenvalue weighted by Crippen LogP contribution is -2.03. The van der Waals surface area contributed by atoms with Crippen LogP contribution in [0.1, 0.15) is 421 Å². The number of amidine groups is 3. The van der Waals surface area contributed by atoms with Gasteiger partial charge in [-0.05, 0) is 213 Å². The molecule has 0 saturated heterocycles. The van der Waals surface area contributed by atoms with Crippen LogP contribution >= 0.6 is 0 Å². The molecular formula is C106H131N33O6. The maximum Gasteiger partial charge on any atom is 0.225 e. The highest BCUT2D eigenvalue weighted by molar-refractivity contribution is 6.02. The Bertz CT molecular complexity index is 7290. The molecule has 0 amide bonds. The summed E-state index contributed by atoms with van der Waals surface area (Å²) in [7, 11) is 0. The van der Waals surface area contributed by atoms with Crippen molar-refractivity contribution in [3.63, 3.8) is 0 Å². The van der Waals surface area contributed by atoms with E-state index in [0.717, 1.165) is 199 Å². The highest BCUT2D eigenvalue weighted by atomic mass is 16.1. The van der Waals surface area contributed by atoms with Crippen LogP contribution in [0.4, 0.5) is 0 Å². The number of tetrazole rings is 1. The van der Waals surface area contributed by atoms with Crippen LogP contribution in [0.5, 0.6) is 0 Å². The number of carbonyl (C=O) groups is 6. The predicted octanol–water partition coefficient (Wildman–Crippen LogP) is 17.3. The summed E-state index contributed by atoms with van der Waals surface area (Å²) >= 11 is 0. The zero-order valence-electron chi connectivity index (χ0n) is 84.6. The van der Waals surface area contributed by atoms with Gasteiger partial charge in [0, 0.05) is 207 Å². The van der Waals surface area contributed by atoms with Crippen molar-refractivity contribution in [2.45, 2.75) is 293 Å². The molecule has 0 aromatic carbocycles. The number of carbonyl (C=O) groups excluding carboxylic acids is 6. The Morgan fingerprint density at radius 1 is 0.366 bits per heavy atom. The van der Waals surface area contributed by atoms with Gasteiger partial charge in [-0.25, -0.2) is 15.0 Å². The lowest BCUT2D eigenvalue weighted by atomic mass is 9.97. The summed E-state index contributed by atoms with van der Waals surface area (Å²) in [5.41, 5.74) is 33.9. The molecule has 0 radical (unpaired) electrons. The Morgan fingerprint density at radius 3 is 1.20 bits per heavy atom. The molecule has 14 heterocycles. The van der Waals surface area contributed by atoms with E-state index in [9.17, 15) is 28.8 Å². The van der Waals surface area contributed by atoms with E-state index in [1.54, 1.807) is 41.5 Å². The summed E-state index contributed by atoms with van der Waals surface area (Å²) in [6, 6.07) is 0. The van der Waals surface area contributed by atoms with Gasteiger partial charge in [0.15, 0.2) is 72.2 Å². The summed E-state index contributed by atoms with van der Waals surface area (Å²) in [4.78, 5) is 80.1. The maximum absolute atomic E-state index is 11.4. The number of aromatic nitrogens is 24. The fraction of sp³-hybridized carbons (Fsp3) is 0.623. The molecule has 23 aliphatic rings. The van der Waals surface area contributed by atoms with E-state index >= 15 is 0 Å². The average Bonchev–Trinajstić information content (AvgIpc) is 1.51. The van der Waals surface area contributed by atoms with Gasteiger partial charge in [-0.1, -0.05) is 95.9 Å². The van der Waals surface area contributed by atoms with Gasteiger partial charge in [-0.15, -0.1) is 25.5 Å². The second-order valence-electron chi connectivity index (χ2n) is 46.8. The summed E-state index contributed by atoms with van der Waals surface area (Å²) in [5, 5.41) is 110. The number of azo groups is 3. The zero-order valence-corrected chi connectivity index (χ0v) is 84.6. The van der Waals surface area contributed by atoms with Crippen molar-refractivity contribution in [3.8, 4) is 11.5 Å². The van der Waals surface area contributed by atoms with Gasteiger partial charge in [0.25, 0.3) is 0 Å². The van der Waals surface area contributed by atoms with E-state index < -0.39 is 0 Å². The minimum atomic E-state index is 0. The number of hydrogen-bond donors (Lipinski definition) is 11. The third-order valence-electron chi connectivity index (χ3n) is 37.5. The van der Waals surface area contributed by atoms with E-state index in [4.69, 9.17) is 0 Å². The second-order valence-corrected chi connectivity index (χ2v) is 46.8. The molecule has 11 aromatic heterocycles. The summed E-state index contributed by atoms with van der Waals surface area (Å²) in [6.45, 7) is 33.8. The number of Topliss-reactive ketones (excluding diaryl/α,β-unsaturated/α-hetero) is 6. The summed E-state index contributed by atoms with van der Waals surface area (Å²) in [6.07, 6.45) is 21.4. The molecule has 25 atom stereocenters. The monoisotopic (exact) mass is 1960 g/mol. The van der Waals surface area contributed by atoms with Crippen LogP contribution in [-0.4, -0.2) is 195 Å². The van der Waals surface area contributed by atoms with Crippen molar-refractivity contribution in [3.05, 3.63) is 164 Å². The smallest absolute Gasteiger partial charge is 0.225 e. The Kier molecular flexibility index (Phi) is 22.9. The normalized spacial score (nSPS) is 31.3. The molecule has 20 aliphatic carbocycles. The molecule has 10 saturated carbocycles. The Balaban J connectivity index is 0.0000000866. The molecule has 39 heteroatoms. The largest absolute Gasteiger partial charge is 0.293 e. The molecule has 0 spiro atoms. The first-order valence-electron chi connectivity index (χ1n) is 52.8. The molecule has 145 heavy (non-hydrogen) atoms. The van der Waals surface area contributed by atoms with Crippen LogP contribution in [0, 0.1) is 106 Å². The zero-order chi connectivity index (χ0) is 99.3. The summed E-state index contributed by atoms with van der Waals surface area (Å²) in [5.74, 6) is 23.3. The number of H-pyrrole nitrogens is 11. The fourth-order valence-corrected chi connectivity index (χ4v) is 29.2. The van der Waals surface area contributed by atoms with Crippen LogP contribution in [-0.2, 0) is 64.2 Å². The van der Waals surface area contributed by atoms with Crippen LogP contribution in [0.15, 0.2) is 45.7 Å². The maximum atomic E-state index is 11.4. The first-order valence-corrected chi connectivity index (χ1v) is 52.8. The molecule has 10 fully saturated rings. The highest BCUT2D eigenvalue weighted by Crippen LogP contribution is 2.73. The Labute approximate surface area is 838 Å². The molecule has 34 rings (SSSR count). The average molecular weight is 1960 g/mol. The second kappa shape index (κ2) is 35.1. The number of ketones is 6. The van der Waals surface area contributed by atoms with Crippen LogP contribution in [0.3, 0.4) is 0 Å². The minimum Gasteiger partial charge on any atom is -0.293 e. The number of unbranched alkanes of at least 4 members (excludes halogenated alkanes) is 1.